The molecule has 8 aliphatic carbocycles. The Balaban J connectivity index is 0.994. The van der Waals surface area contributed by atoms with Crippen LogP contribution in [0.15, 0.2) is 48.5 Å². The van der Waals surface area contributed by atoms with E-state index in [9.17, 15) is 0 Å². The smallest absolute Gasteiger partial charge is 0.0501 e. The van der Waals surface area contributed by atoms with Gasteiger partial charge in [-0.2, -0.15) is 0 Å². The molecule has 170 valence electrons. The first-order valence-electron chi connectivity index (χ1n) is 14.1. The second-order valence-corrected chi connectivity index (χ2v) is 13.7. The van der Waals surface area contributed by atoms with Gasteiger partial charge in [-0.3, -0.25) is 0 Å². The molecule has 0 saturated heterocycles. The van der Waals surface area contributed by atoms with Crippen molar-refractivity contribution >= 4 is 0 Å². The van der Waals surface area contributed by atoms with Gasteiger partial charge >= 0.3 is 0 Å². The first kappa shape index (κ1) is 19.7. The quantitative estimate of drug-likeness (QED) is 0.456. The molecule has 8 aliphatic rings. The lowest BCUT2D eigenvalue weighted by Crippen LogP contribution is -2.48. The Hall–Kier alpha value is -1.56. The minimum atomic E-state index is 0.507. The van der Waals surface area contributed by atoms with Crippen LogP contribution < -0.4 is 0 Å². The molecule has 0 heteroatoms. The zero-order chi connectivity index (χ0) is 21.6. The molecule has 8 bridgehead atoms. The highest BCUT2D eigenvalue weighted by Crippen LogP contribution is 2.62. The predicted octanol–water partition coefficient (Wildman–Crippen LogP) is 8.10. The number of hydrogen-bond acceptors (Lipinski definition) is 0. The fourth-order valence-electron chi connectivity index (χ4n) is 10.9. The molecule has 2 aromatic carbocycles. The highest BCUT2D eigenvalue weighted by molar-refractivity contribution is 5.42. The molecule has 10 rings (SSSR count). The Morgan fingerprint density at radius 2 is 0.697 bits per heavy atom. The van der Waals surface area contributed by atoms with Crippen LogP contribution in [0.25, 0.3) is 0 Å². The maximum Gasteiger partial charge on any atom is 0.0501 e. The van der Waals surface area contributed by atoms with Crippen LogP contribution in [-0.4, -0.2) is 0 Å². The van der Waals surface area contributed by atoms with Crippen molar-refractivity contribution in [1.29, 1.82) is 0 Å². The number of rotatable bonds is 4. The molecule has 0 heterocycles. The van der Waals surface area contributed by atoms with E-state index in [0.29, 0.717) is 10.8 Å². The minimum absolute atomic E-state index is 0.507. The number of benzene rings is 2. The van der Waals surface area contributed by atoms with Crippen molar-refractivity contribution in [1.82, 2.24) is 0 Å². The summed E-state index contributed by atoms with van der Waals surface area (Å²) in [5.41, 5.74) is 6.75. The van der Waals surface area contributed by atoms with Gasteiger partial charge in [-0.25, -0.2) is 0 Å². The van der Waals surface area contributed by atoms with E-state index in [1.807, 2.05) is 0 Å². The fourth-order valence-corrected chi connectivity index (χ4v) is 10.9. The predicted molar refractivity (Wildman–Crippen MR) is 134 cm³/mol. The van der Waals surface area contributed by atoms with Gasteiger partial charge in [0.2, 0.25) is 0 Å². The van der Waals surface area contributed by atoms with Gasteiger partial charge in [-0.05, 0) is 146 Å². The van der Waals surface area contributed by atoms with Crippen LogP contribution in [0.1, 0.15) is 99.3 Å². The summed E-state index contributed by atoms with van der Waals surface area (Å²) >= 11 is 0. The maximum absolute atomic E-state index is 3.71. The Morgan fingerprint density at radius 3 is 0.970 bits per heavy atom. The van der Waals surface area contributed by atoms with E-state index in [4.69, 9.17) is 0 Å². The summed E-state index contributed by atoms with van der Waals surface area (Å²) in [6.07, 6.45) is 21.6. The zero-order valence-electron chi connectivity index (χ0n) is 20.1. The van der Waals surface area contributed by atoms with E-state index in [-0.39, 0.29) is 0 Å². The van der Waals surface area contributed by atoms with Gasteiger partial charge in [-0.1, -0.05) is 48.5 Å². The first-order chi connectivity index (χ1) is 16.1. The lowest BCUT2D eigenvalue weighted by Gasteiger charge is -2.57. The Kier molecular flexibility index (Phi) is 4.18. The molecule has 2 radical (unpaired) electrons. The topological polar surface area (TPSA) is 0 Å². The fraction of sp³-hybridized carbons (Fsp3) is 0.606. The molecule has 0 nitrogen and oxygen atoms in total. The largest absolute Gasteiger partial charge is 0.0582 e. The van der Waals surface area contributed by atoms with Crippen molar-refractivity contribution in [3.63, 3.8) is 0 Å². The lowest BCUT2D eigenvalue weighted by molar-refractivity contribution is -0.00530. The Bertz CT molecular complexity index is 882. The average molecular weight is 435 g/mol. The lowest BCUT2D eigenvalue weighted by atomic mass is 9.48. The van der Waals surface area contributed by atoms with E-state index in [1.54, 1.807) is 11.1 Å². The molecule has 0 aliphatic heterocycles. The van der Waals surface area contributed by atoms with Gasteiger partial charge in [0, 0.05) is 0 Å². The molecule has 33 heavy (non-hydrogen) atoms. The summed E-state index contributed by atoms with van der Waals surface area (Å²) < 4.78 is 0. The zero-order valence-corrected chi connectivity index (χ0v) is 20.1. The van der Waals surface area contributed by atoms with Crippen LogP contribution in [0.2, 0.25) is 0 Å². The Morgan fingerprint density at radius 1 is 0.424 bits per heavy atom. The van der Waals surface area contributed by atoms with Gasteiger partial charge in [0.25, 0.3) is 0 Å². The molecule has 8 saturated carbocycles. The summed E-state index contributed by atoms with van der Waals surface area (Å²) in [6, 6.07) is 19.2. The molecular formula is C33H38. The van der Waals surface area contributed by atoms with Gasteiger partial charge in [0.05, 0.1) is 6.42 Å². The van der Waals surface area contributed by atoms with Crippen LogP contribution in [0, 0.1) is 41.9 Å². The van der Waals surface area contributed by atoms with Crippen LogP contribution >= 0.6 is 0 Å². The molecule has 0 N–H and O–H groups in total. The van der Waals surface area contributed by atoms with Crippen molar-refractivity contribution in [3.8, 4) is 0 Å². The molecule has 0 amide bonds. The van der Waals surface area contributed by atoms with Gasteiger partial charge < -0.3 is 0 Å². The average Bonchev–Trinajstić information content (AvgIpc) is 2.78. The van der Waals surface area contributed by atoms with Gasteiger partial charge in [0.1, 0.15) is 0 Å². The molecular weight excluding hydrogens is 396 g/mol. The monoisotopic (exact) mass is 434 g/mol. The normalized spacial score (nSPS) is 44.5. The second kappa shape index (κ2) is 6.99. The van der Waals surface area contributed by atoms with E-state index >= 15 is 0 Å². The van der Waals surface area contributed by atoms with E-state index in [1.165, 1.54) is 88.2 Å². The Labute approximate surface area is 200 Å². The molecule has 0 aromatic heterocycles. The first-order valence-corrected chi connectivity index (χ1v) is 14.1. The molecule has 2 aromatic rings. The van der Waals surface area contributed by atoms with Crippen molar-refractivity contribution in [2.45, 2.75) is 87.9 Å². The molecule has 8 fully saturated rings. The molecule has 0 atom stereocenters. The number of hydrogen-bond donors (Lipinski definition) is 0. The minimum Gasteiger partial charge on any atom is -0.0582 e. The van der Waals surface area contributed by atoms with E-state index in [0.717, 1.165) is 35.5 Å². The summed E-state index contributed by atoms with van der Waals surface area (Å²) in [6.45, 7) is 0. The summed E-state index contributed by atoms with van der Waals surface area (Å²) in [5, 5.41) is 0. The molecule has 0 spiro atoms. The molecule has 0 unspecified atom stereocenters. The SMILES string of the molecule is [C](c1ccc(C23CC4CC(CC(C4)C2)C3)cc1)c1ccc(C23CC4CC(CC(C4)C2)C3)cc1. The van der Waals surface area contributed by atoms with Gasteiger partial charge in [0.15, 0.2) is 0 Å². The van der Waals surface area contributed by atoms with Gasteiger partial charge in [-0.15, -0.1) is 0 Å². The summed E-state index contributed by atoms with van der Waals surface area (Å²) in [4.78, 5) is 0. The van der Waals surface area contributed by atoms with Crippen LogP contribution in [-0.2, 0) is 10.8 Å². The van der Waals surface area contributed by atoms with Crippen LogP contribution in [0.3, 0.4) is 0 Å². The van der Waals surface area contributed by atoms with E-state index in [2.05, 4.69) is 55.0 Å². The summed E-state index contributed by atoms with van der Waals surface area (Å²) in [7, 11) is 0. The second-order valence-electron chi connectivity index (χ2n) is 13.7. The highest BCUT2D eigenvalue weighted by Gasteiger charge is 2.52. The van der Waals surface area contributed by atoms with Crippen LogP contribution in [0.5, 0.6) is 0 Å². The maximum atomic E-state index is 3.71. The summed E-state index contributed by atoms with van der Waals surface area (Å²) in [5.74, 6) is 6.09. The van der Waals surface area contributed by atoms with Crippen molar-refractivity contribution in [2.24, 2.45) is 35.5 Å². The van der Waals surface area contributed by atoms with Crippen molar-refractivity contribution in [2.75, 3.05) is 0 Å². The van der Waals surface area contributed by atoms with E-state index < -0.39 is 0 Å². The third-order valence-corrected chi connectivity index (χ3v) is 11.4. The third kappa shape index (κ3) is 3.15. The van der Waals surface area contributed by atoms with Crippen molar-refractivity contribution in [3.05, 3.63) is 77.2 Å². The third-order valence-electron chi connectivity index (χ3n) is 11.4. The standard InChI is InChI=1S/C33H38/c1-5-30(32-16-24-10-25(17-32)12-26(11-24)18-32)6-2-22(1)9-23-3-7-31(8-4-23)33-19-27-13-28(20-33)15-29(14-27)21-33/h1-8,24-29H,10-21H2. The highest BCUT2D eigenvalue weighted by atomic mass is 14.6. The van der Waals surface area contributed by atoms with Crippen molar-refractivity contribution < 1.29 is 0 Å². The van der Waals surface area contributed by atoms with Crippen LogP contribution in [0.4, 0.5) is 0 Å².